The van der Waals surface area contributed by atoms with E-state index in [1.807, 2.05) is 12.1 Å². The number of hydrogen-bond donors (Lipinski definition) is 2. The van der Waals surface area contributed by atoms with Crippen LogP contribution in [0.3, 0.4) is 0 Å². The summed E-state index contributed by atoms with van der Waals surface area (Å²) in [6.45, 7) is 6.23. The number of benzene rings is 1. The van der Waals surface area contributed by atoms with Crippen molar-refractivity contribution in [2.45, 2.75) is 38.9 Å². The number of nitrogens with one attached hydrogen (secondary N) is 2. The van der Waals surface area contributed by atoms with Crippen LogP contribution in [0.15, 0.2) is 30.6 Å². The molecular weight excluding hydrogens is 426 g/mol. The van der Waals surface area contributed by atoms with E-state index in [9.17, 15) is 14.9 Å². The summed E-state index contributed by atoms with van der Waals surface area (Å²) in [7, 11) is 0. The Morgan fingerprint density at radius 3 is 2.58 bits per heavy atom. The Morgan fingerprint density at radius 1 is 1.15 bits per heavy atom. The second-order valence-corrected chi connectivity index (χ2v) is 8.26. The molecule has 0 spiro atoms. The molecular formula is C22H23N7O4. The third kappa shape index (κ3) is 6.55. The number of ether oxygens (including phenoxy) is 2. The van der Waals surface area contributed by atoms with Crippen LogP contribution in [0.5, 0.6) is 5.75 Å². The molecule has 0 bridgehead atoms. The first-order chi connectivity index (χ1) is 15.7. The van der Waals surface area contributed by atoms with Crippen LogP contribution in [0.2, 0.25) is 0 Å². The van der Waals surface area contributed by atoms with E-state index in [-0.39, 0.29) is 23.3 Å². The quantitative estimate of drug-likeness (QED) is 0.721. The van der Waals surface area contributed by atoms with E-state index in [0.717, 1.165) is 0 Å². The van der Waals surface area contributed by atoms with Gasteiger partial charge in [-0.05, 0) is 39.0 Å². The minimum Gasteiger partial charge on any atom is -0.486 e. The van der Waals surface area contributed by atoms with Crippen molar-refractivity contribution in [1.29, 1.82) is 10.5 Å². The van der Waals surface area contributed by atoms with Gasteiger partial charge in [-0.3, -0.25) is 5.32 Å². The summed E-state index contributed by atoms with van der Waals surface area (Å²) >= 11 is 0. The molecule has 170 valence electrons. The number of carbonyl (C=O) groups is 2. The minimum absolute atomic E-state index is 0.121. The van der Waals surface area contributed by atoms with Gasteiger partial charge < -0.3 is 19.7 Å². The predicted octanol–water partition coefficient (Wildman–Crippen LogP) is 3.25. The van der Waals surface area contributed by atoms with Crippen LogP contribution in [-0.2, 0) is 4.74 Å². The second-order valence-electron chi connectivity index (χ2n) is 8.26. The number of carbonyl (C=O) groups excluding carboxylic acids is 2. The first-order valence-corrected chi connectivity index (χ1v) is 10.2. The van der Waals surface area contributed by atoms with E-state index >= 15 is 0 Å². The highest BCUT2D eigenvalue weighted by Gasteiger charge is 2.31. The van der Waals surface area contributed by atoms with E-state index in [0.29, 0.717) is 30.8 Å². The lowest BCUT2D eigenvalue weighted by molar-refractivity contribution is 0.0276. The number of nitriles is 2. The maximum atomic E-state index is 12.4. The molecule has 1 aliphatic heterocycles. The van der Waals surface area contributed by atoms with E-state index in [1.165, 1.54) is 18.5 Å². The molecule has 1 aromatic carbocycles. The molecule has 11 heteroatoms. The van der Waals surface area contributed by atoms with Gasteiger partial charge in [0.25, 0.3) is 0 Å². The van der Waals surface area contributed by atoms with Gasteiger partial charge in [0, 0.05) is 13.0 Å². The van der Waals surface area contributed by atoms with Crippen LogP contribution in [0, 0.1) is 22.7 Å². The van der Waals surface area contributed by atoms with Gasteiger partial charge in [0.05, 0.1) is 36.3 Å². The van der Waals surface area contributed by atoms with Crippen LogP contribution >= 0.6 is 0 Å². The summed E-state index contributed by atoms with van der Waals surface area (Å²) < 4.78 is 11.4. The summed E-state index contributed by atoms with van der Waals surface area (Å²) in [5, 5.41) is 23.1. The fourth-order valence-corrected chi connectivity index (χ4v) is 3.02. The van der Waals surface area contributed by atoms with Gasteiger partial charge in [0.2, 0.25) is 0 Å². The molecule has 11 nitrogen and oxygen atoms in total. The molecule has 1 atom stereocenters. The molecule has 2 N–H and O–H groups in total. The fourth-order valence-electron chi connectivity index (χ4n) is 3.02. The lowest BCUT2D eigenvalue weighted by atomic mass is 10.2. The zero-order chi connectivity index (χ0) is 24.0. The smallest absolute Gasteiger partial charge is 0.410 e. The third-order valence-electron chi connectivity index (χ3n) is 4.46. The summed E-state index contributed by atoms with van der Waals surface area (Å²) in [5.41, 5.74) is 0.143. The molecule has 1 unspecified atom stereocenters. The van der Waals surface area contributed by atoms with E-state index < -0.39 is 17.7 Å². The van der Waals surface area contributed by atoms with Gasteiger partial charge in [-0.25, -0.2) is 19.6 Å². The van der Waals surface area contributed by atoms with Crippen molar-refractivity contribution < 1.29 is 19.1 Å². The number of likely N-dealkylation sites (tertiary alicyclic amines) is 1. The first kappa shape index (κ1) is 23.3. The monoisotopic (exact) mass is 449 g/mol. The molecule has 2 aromatic rings. The topological polar surface area (TPSA) is 153 Å². The number of rotatable bonds is 4. The summed E-state index contributed by atoms with van der Waals surface area (Å²) in [6, 6.07) is 7.88. The Morgan fingerprint density at radius 2 is 1.94 bits per heavy atom. The summed E-state index contributed by atoms with van der Waals surface area (Å²) in [4.78, 5) is 34.1. The largest absolute Gasteiger partial charge is 0.486 e. The molecule has 0 radical (unpaired) electrons. The van der Waals surface area contributed by atoms with Crippen molar-refractivity contribution in [3.8, 4) is 17.9 Å². The minimum atomic E-state index is -0.629. The Bertz CT molecular complexity index is 1110. The average Bonchev–Trinajstić information content (AvgIpc) is 3.23. The molecule has 2 heterocycles. The van der Waals surface area contributed by atoms with Gasteiger partial charge >= 0.3 is 12.1 Å². The maximum absolute atomic E-state index is 12.4. The van der Waals surface area contributed by atoms with E-state index in [2.05, 4.69) is 20.6 Å². The van der Waals surface area contributed by atoms with Crippen LogP contribution in [0.25, 0.3) is 0 Å². The number of urea groups is 1. The van der Waals surface area contributed by atoms with E-state index in [1.54, 1.807) is 37.8 Å². The molecule has 0 aliphatic carbocycles. The molecule has 1 aromatic heterocycles. The van der Waals surface area contributed by atoms with Gasteiger partial charge in [0.1, 0.15) is 23.5 Å². The van der Waals surface area contributed by atoms with E-state index in [4.69, 9.17) is 14.7 Å². The van der Waals surface area contributed by atoms with Gasteiger partial charge in [0.15, 0.2) is 11.5 Å². The van der Waals surface area contributed by atoms with Crippen molar-refractivity contribution >= 4 is 23.6 Å². The Kier molecular flexibility index (Phi) is 6.94. The highest BCUT2D eigenvalue weighted by atomic mass is 16.6. The van der Waals surface area contributed by atoms with Crippen LogP contribution in [0.4, 0.5) is 21.1 Å². The second kappa shape index (κ2) is 9.83. The SMILES string of the molecule is CC(C)(C)OC(=O)N1CCC(Oc2ccc(C#N)cc2NC(=O)Nc2cnc(C#N)cn2)C1. The lowest BCUT2D eigenvalue weighted by Gasteiger charge is -2.24. The zero-order valence-electron chi connectivity index (χ0n) is 18.5. The highest BCUT2D eigenvalue weighted by molar-refractivity contribution is 6.00. The number of anilines is 2. The van der Waals surface area contributed by atoms with Crippen molar-refractivity contribution in [3.63, 3.8) is 0 Å². The van der Waals surface area contributed by atoms with Crippen molar-refractivity contribution in [2.75, 3.05) is 23.7 Å². The number of hydrogen-bond acceptors (Lipinski definition) is 8. The zero-order valence-corrected chi connectivity index (χ0v) is 18.5. The summed E-state index contributed by atoms with van der Waals surface area (Å²) in [6.07, 6.45) is 2.36. The standard InChI is InChI=1S/C22H23N7O4/c1-22(2,3)33-21(31)29-7-6-16(13-29)32-18-5-4-14(9-23)8-17(18)27-20(30)28-19-12-25-15(10-24)11-26-19/h4-5,8,11-12,16H,6-7,13H2,1-3H3,(H2,26,27,28,30). The molecule has 3 rings (SSSR count). The number of nitrogens with zero attached hydrogens (tertiary/aromatic N) is 5. The Hall–Kier alpha value is -4.38. The molecule has 1 aliphatic rings. The Balaban J connectivity index is 1.67. The van der Waals surface area contributed by atoms with Crippen molar-refractivity contribution in [2.24, 2.45) is 0 Å². The van der Waals surface area contributed by atoms with Gasteiger partial charge in [-0.2, -0.15) is 10.5 Å². The van der Waals surface area contributed by atoms with Gasteiger partial charge in [-0.15, -0.1) is 0 Å². The highest BCUT2D eigenvalue weighted by Crippen LogP contribution is 2.29. The third-order valence-corrected chi connectivity index (χ3v) is 4.46. The number of aromatic nitrogens is 2. The predicted molar refractivity (Wildman–Crippen MR) is 117 cm³/mol. The fraction of sp³-hybridized carbons (Fsp3) is 0.364. The van der Waals surface area contributed by atoms with Crippen molar-refractivity contribution in [3.05, 3.63) is 41.9 Å². The molecule has 0 saturated carbocycles. The molecule has 1 saturated heterocycles. The van der Waals surface area contributed by atoms with Crippen LogP contribution in [0.1, 0.15) is 38.4 Å². The molecule has 1 fully saturated rings. The van der Waals surface area contributed by atoms with Gasteiger partial charge in [-0.1, -0.05) is 0 Å². The lowest BCUT2D eigenvalue weighted by Crippen LogP contribution is -2.36. The maximum Gasteiger partial charge on any atom is 0.410 e. The Labute approximate surface area is 190 Å². The van der Waals surface area contributed by atoms with Crippen LogP contribution < -0.4 is 15.4 Å². The number of amides is 3. The summed E-state index contributed by atoms with van der Waals surface area (Å²) in [5.74, 6) is 0.500. The molecule has 3 amide bonds. The van der Waals surface area contributed by atoms with Crippen molar-refractivity contribution in [1.82, 2.24) is 14.9 Å². The normalized spacial score (nSPS) is 15.2. The van der Waals surface area contributed by atoms with Crippen LogP contribution in [-0.4, -0.2) is 51.8 Å². The average molecular weight is 449 g/mol. The first-order valence-electron chi connectivity index (χ1n) is 10.2. The molecule has 33 heavy (non-hydrogen) atoms.